The highest BCUT2D eigenvalue weighted by Gasteiger charge is 2.40. The van der Waals surface area contributed by atoms with Gasteiger partial charge in [-0.05, 0) is 38.0 Å². The summed E-state index contributed by atoms with van der Waals surface area (Å²) in [6, 6.07) is 7.21. The van der Waals surface area contributed by atoms with Crippen molar-refractivity contribution in [3.63, 3.8) is 0 Å². The van der Waals surface area contributed by atoms with E-state index in [1.807, 2.05) is 12.1 Å². The van der Waals surface area contributed by atoms with Crippen molar-refractivity contribution in [3.8, 4) is 5.75 Å². The van der Waals surface area contributed by atoms with E-state index in [1.54, 1.807) is 17.0 Å². The number of piperazine rings is 1. The Morgan fingerprint density at radius 3 is 2.61 bits per heavy atom. The summed E-state index contributed by atoms with van der Waals surface area (Å²) in [6.07, 6.45) is 3.52. The largest absolute Gasteiger partial charge is 0.488 e. The van der Waals surface area contributed by atoms with Crippen LogP contribution in [0.15, 0.2) is 30.6 Å². The molecule has 0 unspecified atom stereocenters. The van der Waals surface area contributed by atoms with Crippen molar-refractivity contribution in [1.29, 1.82) is 5.41 Å². The van der Waals surface area contributed by atoms with Crippen molar-refractivity contribution in [3.05, 3.63) is 41.9 Å². The number of carbonyl (C=O) groups is 1. The number of nitrogen functional groups attached to an aromatic ring is 1. The molecule has 1 aliphatic heterocycles. The Morgan fingerprint density at radius 1 is 1.19 bits per heavy atom. The van der Waals surface area contributed by atoms with Crippen molar-refractivity contribution >= 4 is 23.1 Å². The Balaban J connectivity index is 1.48. The first kappa shape index (κ1) is 21.0. The lowest BCUT2D eigenvalue weighted by Crippen LogP contribution is -2.50. The Labute approximate surface area is 181 Å². The average Bonchev–Trinajstić information content (AvgIpc) is 3.51. The molecule has 0 radical (unpaired) electrons. The van der Waals surface area contributed by atoms with Crippen LogP contribution in [-0.4, -0.2) is 72.0 Å². The number of carbonyl (C=O) groups excluding carboxylic acids is 1. The monoisotopic (exact) mass is 424 g/mol. The van der Waals surface area contributed by atoms with Gasteiger partial charge in [0.2, 0.25) is 5.91 Å². The molecular formula is C22H28N6O3. The zero-order valence-corrected chi connectivity index (χ0v) is 17.9. The normalized spacial score (nSPS) is 17.4. The fraction of sp³-hybridized carbons (Fsp3) is 0.455. The lowest BCUT2D eigenvalue weighted by molar-refractivity contribution is -0.135. The molecule has 4 rings (SSSR count). The summed E-state index contributed by atoms with van der Waals surface area (Å²) in [6.45, 7) is 4.69. The van der Waals surface area contributed by atoms with Crippen molar-refractivity contribution in [1.82, 2.24) is 14.9 Å². The minimum Gasteiger partial charge on any atom is -0.488 e. The smallest absolute Gasteiger partial charge is 0.248 e. The van der Waals surface area contributed by atoms with Crippen LogP contribution in [0.2, 0.25) is 0 Å². The van der Waals surface area contributed by atoms with Crippen molar-refractivity contribution in [2.24, 2.45) is 0 Å². The number of hydrogen-bond donors (Lipinski definition) is 2. The fourth-order valence-electron chi connectivity index (χ4n) is 3.57. The van der Waals surface area contributed by atoms with Gasteiger partial charge in [0.05, 0.1) is 11.4 Å². The number of nitrogens with two attached hydrogens (primary N) is 1. The zero-order valence-electron chi connectivity index (χ0n) is 17.9. The van der Waals surface area contributed by atoms with Gasteiger partial charge in [0.15, 0.2) is 0 Å². The number of methoxy groups -OCH3 is 1. The molecule has 1 saturated carbocycles. The third-order valence-corrected chi connectivity index (χ3v) is 5.75. The number of hydrogen-bond acceptors (Lipinski definition) is 8. The SMILES string of the molecule is COCC(=O)N1CCN(c2cc(C(=N)c3cc(OC4(C)CC4)ccc3N)ncn2)CC1. The lowest BCUT2D eigenvalue weighted by atomic mass is 10.0. The summed E-state index contributed by atoms with van der Waals surface area (Å²) in [7, 11) is 1.52. The quantitative estimate of drug-likeness (QED) is 0.513. The van der Waals surface area contributed by atoms with E-state index in [9.17, 15) is 4.79 Å². The molecule has 0 atom stereocenters. The van der Waals surface area contributed by atoms with Gasteiger partial charge in [-0.2, -0.15) is 0 Å². The van der Waals surface area contributed by atoms with E-state index in [1.165, 1.54) is 13.4 Å². The second kappa shape index (κ2) is 8.50. The highest BCUT2D eigenvalue weighted by Crippen LogP contribution is 2.40. The molecule has 31 heavy (non-hydrogen) atoms. The van der Waals surface area contributed by atoms with Gasteiger partial charge in [0.1, 0.15) is 30.1 Å². The second-order valence-corrected chi connectivity index (χ2v) is 8.24. The van der Waals surface area contributed by atoms with E-state index in [-0.39, 0.29) is 23.8 Å². The van der Waals surface area contributed by atoms with E-state index in [0.717, 1.165) is 18.7 Å². The maximum Gasteiger partial charge on any atom is 0.248 e. The third-order valence-electron chi connectivity index (χ3n) is 5.75. The Hall–Kier alpha value is -3.20. The number of amides is 1. The van der Waals surface area contributed by atoms with Crippen LogP contribution in [0, 0.1) is 5.41 Å². The molecule has 0 bridgehead atoms. The molecule has 3 N–H and O–H groups in total. The molecule has 2 aliphatic rings. The molecule has 2 heterocycles. The van der Waals surface area contributed by atoms with Crippen molar-refractivity contribution in [2.45, 2.75) is 25.4 Å². The average molecular weight is 425 g/mol. The Bertz CT molecular complexity index is 983. The first-order valence-corrected chi connectivity index (χ1v) is 10.4. The van der Waals surface area contributed by atoms with Crippen LogP contribution in [0.3, 0.4) is 0 Å². The fourth-order valence-corrected chi connectivity index (χ4v) is 3.57. The molecule has 1 amide bonds. The number of aromatic nitrogens is 2. The van der Waals surface area contributed by atoms with E-state index >= 15 is 0 Å². The van der Waals surface area contributed by atoms with Gasteiger partial charge in [0, 0.05) is 50.6 Å². The Morgan fingerprint density at radius 2 is 1.94 bits per heavy atom. The standard InChI is InChI=1S/C22H28N6O3/c1-22(5-6-22)31-15-3-4-17(23)16(11-15)21(24)18-12-19(26-14-25-18)27-7-9-28(10-8-27)20(29)13-30-2/h3-4,11-12,14,24H,5-10,13,23H2,1-2H3. The highest BCUT2D eigenvalue weighted by molar-refractivity contribution is 6.13. The first-order chi connectivity index (χ1) is 14.9. The number of nitrogens with zero attached hydrogens (tertiary/aromatic N) is 4. The van der Waals surface area contributed by atoms with Crippen LogP contribution in [0.4, 0.5) is 11.5 Å². The van der Waals surface area contributed by atoms with Gasteiger partial charge in [-0.25, -0.2) is 9.97 Å². The molecule has 2 aromatic rings. The topological polar surface area (TPSA) is 118 Å². The molecule has 164 valence electrons. The third kappa shape index (κ3) is 4.77. The maximum absolute atomic E-state index is 12.0. The predicted molar refractivity (Wildman–Crippen MR) is 118 cm³/mol. The number of ether oxygens (including phenoxy) is 2. The summed E-state index contributed by atoms with van der Waals surface area (Å²) in [5, 5.41) is 8.69. The molecule has 1 aliphatic carbocycles. The van der Waals surface area contributed by atoms with E-state index < -0.39 is 0 Å². The van der Waals surface area contributed by atoms with Crippen LogP contribution in [0.5, 0.6) is 5.75 Å². The number of benzene rings is 1. The van der Waals surface area contributed by atoms with Crippen LogP contribution in [-0.2, 0) is 9.53 Å². The molecule has 9 heteroatoms. The predicted octanol–water partition coefficient (Wildman–Crippen LogP) is 1.70. The highest BCUT2D eigenvalue weighted by atomic mass is 16.5. The van der Waals surface area contributed by atoms with Gasteiger partial charge in [-0.1, -0.05) is 0 Å². The molecule has 1 saturated heterocycles. The van der Waals surface area contributed by atoms with Gasteiger partial charge in [0.25, 0.3) is 0 Å². The van der Waals surface area contributed by atoms with Crippen molar-refractivity contribution in [2.75, 3.05) is 50.5 Å². The van der Waals surface area contributed by atoms with Crippen LogP contribution in [0.25, 0.3) is 0 Å². The van der Waals surface area contributed by atoms with Crippen molar-refractivity contribution < 1.29 is 14.3 Å². The minimum absolute atomic E-state index is 0.00932. The van der Waals surface area contributed by atoms with E-state index in [4.69, 9.17) is 20.6 Å². The lowest BCUT2D eigenvalue weighted by Gasteiger charge is -2.35. The number of nitrogens with one attached hydrogen (secondary N) is 1. The van der Waals surface area contributed by atoms with Gasteiger partial charge >= 0.3 is 0 Å². The molecular weight excluding hydrogens is 396 g/mol. The molecule has 0 spiro atoms. The maximum atomic E-state index is 12.0. The Kier molecular flexibility index (Phi) is 5.77. The summed E-state index contributed by atoms with van der Waals surface area (Å²) in [5.41, 5.74) is 7.85. The summed E-state index contributed by atoms with van der Waals surface area (Å²) in [5.74, 6) is 1.43. The van der Waals surface area contributed by atoms with Gasteiger partial charge in [-0.15, -0.1) is 0 Å². The molecule has 1 aromatic heterocycles. The van der Waals surface area contributed by atoms with Crippen LogP contribution >= 0.6 is 0 Å². The summed E-state index contributed by atoms with van der Waals surface area (Å²) >= 11 is 0. The molecule has 9 nitrogen and oxygen atoms in total. The van der Waals surface area contributed by atoms with Gasteiger partial charge < -0.3 is 25.0 Å². The van der Waals surface area contributed by atoms with E-state index in [0.29, 0.717) is 48.9 Å². The van der Waals surface area contributed by atoms with E-state index in [2.05, 4.69) is 21.8 Å². The summed E-state index contributed by atoms with van der Waals surface area (Å²) < 4.78 is 11.0. The first-order valence-electron chi connectivity index (χ1n) is 10.4. The summed E-state index contributed by atoms with van der Waals surface area (Å²) in [4.78, 5) is 24.5. The number of anilines is 2. The van der Waals surface area contributed by atoms with Gasteiger partial charge in [-0.3, -0.25) is 10.2 Å². The molecule has 2 fully saturated rings. The number of rotatable bonds is 7. The van der Waals surface area contributed by atoms with Crippen LogP contribution < -0.4 is 15.4 Å². The van der Waals surface area contributed by atoms with Crippen LogP contribution in [0.1, 0.15) is 31.0 Å². The minimum atomic E-state index is -0.107. The second-order valence-electron chi connectivity index (χ2n) is 8.24. The molecule has 1 aromatic carbocycles. The zero-order chi connectivity index (χ0) is 22.0.